The van der Waals surface area contributed by atoms with Gasteiger partial charge < -0.3 is 13.9 Å². The number of ether oxygens (including phenoxy) is 2. The number of para-hydroxylation sites is 1. The Morgan fingerprint density at radius 3 is 2.56 bits per heavy atom. The van der Waals surface area contributed by atoms with Crippen molar-refractivity contribution in [3.05, 3.63) is 66.6 Å². The van der Waals surface area contributed by atoms with Gasteiger partial charge in [0.05, 0.1) is 19.4 Å². The first-order valence-corrected chi connectivity index (χ1v) is 9.35. The molecular weight excluding hydrogens is 334 g/mol. The van der Waals surface area contributed by atoms with Crippen LogP contribution in [-0.4, -0.2) is 24.5 Å². The van der Waals surface area contributed by atoms with Crippen LogP contribution in [0, 0.1) is 0 Å². The number of aromatic nitrogens is 1. The minimum atomic E-state index is 0.644. The first kappa shape index (κ1) is 17.4. The number of methoxy groups -OCH3 is 1. The molecule has 1 aromatic heterocycles. The van der Waals surface area contributed by atoms with E-state index in [9.17, 15) is 0 Å². The fourth-order valence-electron chi connectivity index (χ4n) is 2.28. The topological polar surface area (TPSA) is 44.5 Å². The second-order valence-electron chi connectivity index (χ2n) is 5.44. The summed E-state index contributed by atoms with van der Waals surface area (Å²) in [5.74, 6) is 4.25. The summed E-state index contributed by atoms with van der Waals surface area (Å²) in [5.41, 5.74) is 1.91. The van der Waals surface area contributed by atoms with Gasteiger partial charge in [0, 0.05) is 11.3 Å². The summed E-state index contributed by atoms with van der Waals surface area (Å²) in [7, 11) is 1.65. The molecule has 0 saturated carbocycles. The third-order valence-corrected chi connectivity index (χ3v) is 4.66. The molecule has 0 atom stereocenters. The molecule has 0 fully saturated rings. The summed E-state index contributed by atoms with van der Waals surface area (Å²) in [6.45, 7) is 0.729. The summed E-state index contributed by atoms with van der Waals surface area (Å²) in [4.78, 5) is 4.54. The van der Waals surface area contributed by atoms with Gasteiger partial charge in [0.15, 0.2) is 0 Å². The SMILES string of the molecule is COc1ccc(-c2nc(CSCCCOc3ccccc3)co2)cc1. The van der Waals surface area contributed by atoms with Crippen LogP contribution in [0.1, 0.15) is 12.1 Å². The molecule has 3 aromatic rings. The fourth-order valence-corrected chi connectivity index (χ4v) is 3.09. The van der Waals surface area contributed by atoms with E-state index in [0.717, 1.165) is 47.3 Å². The van der Waals surface area contributed by atoms with E-state index in [4.69, 9.17) is 13.9 Å². The van der Waals surface area contributed by atoms with Gasteiger partial charge in [-0.05, 0) is 48.6 Å². The van der Waals surface area contributed by atoms with Gasteiger partial charge in [-0.2, -0.15) is 11.8 Å². The highest BCUT2D eigenvalue weighted by molar-refractivity contribution is 7.98. The molecule has 0 spiro atoms. The molecule has 0 N–H and O–H groups in total. The number of hydrogen-bond donors (Lipinski definition) is 0. The summed E-state index contributed by atoms with van der Waals surface area (Å²) < 4.78 is 16.4. The van der Waals surface area contributed by atoms with Gasteiger partial charge in [-0.25, -0.2) is 4.98 Å². The van der Waals surface area contributed by atoms with Crippen LogP contribution in [0.2, 0.25) is 0 Å². The molecule has 0 bridgehead atoms. The van der Waals surface area contributed by atoms with Crippen molar-refractivity contribution in [3.8, 4) is 23.0 Å². The van der Waals surface area contributed by atoms with Crippen molar-refractivity contribution in [3.63, 3.8) is 0 Å². The maximum Gasteiger partial charge on any atom is 0.226 e. The number of nitrogens with zero attached hydrogens (tertiary/aromatic N) is 1. The maximum atomic E-state index is 5.68. The molecule has 3 rings (SSSR count). The van der Waals surface area contributed by atoms with E-state index in [1.54, 1.807) is 13.4 Å². The van der Waals surface area contributed by atoms with Crippen LogP contribution in [0.15, 0.2) is 65.3 Å². The second kappa shape index (κ2) is 9.18. The van der Waals surface area contributed by atoms with Crippen LogP contribution in [-0.2, 0) is 5.75 Å². The van der Waals surface area contributed by atoms with Crippen LogP contribution < -0.4 is 9.47 Å². The zero-order valence-corrected chi connectivity index (χ0v) is 15.0. The van der Waals surface area contributed by atoms with Gasteiger partial charge in [-0.3, -0.25) is 0 Å². The average molecular weight is 355 g/mol. The molecule has 0 aliphatic rings. The monoisotopic (exact) mass is 355 g/mol. The molecule has 2 aromatic carbocycles. The smallest absolute Gasteiger partial charge is 0.226 e. The van der Waals surface area contributed by atoms with E-state index >= 15 is 0 Å². The number of hydrogen-bond acceptors (Lipinski definition) is 5. The molecular formula is C20H21NO3S. The van der Waals surface area contributed by atoms with Crippen molar-refractivity contribution < 1.29 is 13.9 Å². The van der Waals surface area contributed by atoms with Gasteiger partial charge in [-0.1, -0.05) is 18.2 Å². The maximum absolute atomic E-state index is 5.68. The van der Waals surface area contributed by atoms with E-state index in [0.29, 0.717) is 5.89 Å². The minimum absolute atomic E-state index is 0.644. The molecule has 0 radical (unpaired) electrons. The van der Waals surface area contributed by atoms with Gasteiger partial charge in [0.2, 0.25) is 5.89 Å². The molecule has 0 saturated heterocycles. The Morgan fingerprint density at radius 1 is 1.00 bits per heavy atom. The summed E-state index contributed by atoms with van der Waals surface area (Å²) in [5, 5.41) is 0. The standard InChI is InChI=1S/C20H21NO3S/c1-22-18-10-8-16(9-11-18)20-21-17(14-24-20)15-25-13-5-12-23-19-6-3-2-4-7-19/h2-4,6-11,14H,5,12-13,15H2,1H3. The zero-order valence-electron chi connectivity index (χ0n) is 14.2. The molecule has 130 valence electrons. The van der Waals surface area contributed by atoms with Crippen LogP contribution in [0.4, 0.5) is 0 Å². The highest BCUT2D eigenvalue weighted by Crippen LogP contribution is 2.23. The third-order valence-electron chi connectivity index (χ3n) is 3.58. The largest absolute Gasteiger partial charge is 0.497 e. The Bertz CT molecular complexity index is 756. The van der Waals surface area contributed by atoms with Crippen molar-refractivity contribution in [2.75, 3.05) is 19.5 Å². The molecule has 1 heterocycles. The van der Waals surface area contributed by atoms with Crippen molar-refractivity contribution in [1.29, 1.82) is 0 Å². The van der Waals surface area contributed by atoms with Crippen molar-refractivity contribution in [2.24, 2.45) is 0 Å². The second-order valence-corrected chi connectivity index (χ2v) is 6.55. The Morgan fingerprint density at radius 2 is 1.80 bits per heavy atom. The fraction of sp³-hybridized carbons (Fsp3) is 0.250. The Balaban J connectivity index is 1.38. The molecule has 0 aliphatic heterocycles. The molecule has 0 aliphatic carbocycles. The van der Waals surface area contributed by atoms with Crippen LogP contribution in [0.25, 0.3) is 11.5 Å². The van der Waals surface area contributed by atoms with Crippen LogP contribution in [0.3, 0.4) is 0 Å². The quantitative estimate of drug-likeness (QED) is 0.502. The zero-order chi connectivity index (χ0) is 17.3. The van der Waals surface area contributed by atoms with Crippen LogP contribution >= 0.6 is 11.8 Å². The number of benzene rings is 2. The summed E-state index contributed by atoms with van der Waals surface area (Å²) in [6.07, 6.45) is 2.73. The lowest BCUT2D eigenvalue weighted by molar-refractivity contribution is 0.318. The van der Waals surface area contributed by atoms with Gasteiger partial charge in [0.1, 0.15) is 17.8 Å². The van der Waals surface area contributed by atoms with Gasteiger partial charge in [-0.15, -0.1) is 0 Å². The highest BCUT2D eigenvalue weighted by Gasteiger charge is 2.07. The van der Waals surface area contributed by atoms with E-state index in [1.165, 1.54) is 0 Å². The lowest BCUT2D eigenvalue weighted by Gasteiger charge is -2.05. The number of oxazole rings is 1. The molecule has 5 heteroatoms. The highest BCUT2D eigenvalue weighted by atomic mass is 32.2. The minimum Gasteiger partial charge on any atom is -0.497 e. The first-order valence-electron chi connectivity index (χ1n) is 8.19. The van der Waals surface area contributed by atoms with Crippen molar-refractivity contribution in [1.82, 2.24) is 4.98 Å². The molecule has 25 heavy (non-hydrogen) atoms. The Kier molecular flexibility index (Phi) is 6.40. The Labute approximate surface area is 152 Å². The van der Waals surface area contributed by atoms with E-state index < -0.39 is 0 Å². The van der Waals surface area contributed by atoms with E-state index in [-0.39, 0.29) is 0 Å². The van der Waals surface area contributed by atoms with E-state index in [1.807, 2.05) is 66.4 Å². The lowest BCUT2D eigenvalue weighted by atomic mass is 10.2. The predicted molar refractivity (Wildman–Crippen MR) is 101 cm³/mol. The normalized spacial score (nSPS) is 10.6. The Hall–Kier alpha value is -2.40. The van der Waals surface area contributed by atoms with Crippen LogP contribution in [0.5, 0.6) is 11.5 Å². The summed E-state index contributed by atoms with van der Waals surface area (Å²) in [6, 6.07) is 17.6. The average Bonchev–Trinajstić information content (AvgIpc) is 3.14. The van der Waals surface area contributed by atoms with Gasteiger partial charge >= 0.3 is 0 Å². The van der Waals surface area contributed by atoms with E-state index in [2.05, 4.69) is 4.98 Å². The molecule has 0 amide bonds. The predicted octanol–water partition coefficient (Wildman–Crippen LogP) is 5.05. The first-order chi connectivity index (χ1) is 12.3. The molecule has 0 unspecified atom stereocenters. The van der Waals surface area contributed by atoms with Crippen molar-refractivity contribution in [2.45, 2.75) is 12.2 Å². The number of thioether (sulfide) groups is 1. The molecule has 4 nitrogen and oxygen atoms in total. The third kappa shape index (κ3) is 5.29. The number of rotatable bonds is 9. The van der Waals surface area contributed by atoms with Crippen molar-refractivity contribution >= 4 is 11.8 Å². The lowest BCUT2D eigenvalue weighted by Crippen LogP contribution is -1.98. The van der Waals surface area contributed by atoms with Gasteiger partial charge in [0.25, 0.3) is 0 Å². The summed E-state index contributed by atoms with van der Waals surface area (Å²) >= 11 is 1.83.